The highest BCUT2D eigenvalue weighted by molar-refractivity contribution is 5.20. The van der Waals surface area contributed by atoms with Crippen LogP contribution in [0.5, 0.6) is 0 Å². The van der Waals surface area contributed by atoms with Gasteiger partial charge in [0, 0.05) is 6.04 Å². The third-order valence-electron chi connectivity index (χ3n) is 3.94. The first-order valence-electron chi connectivity index (χ1n) is 6.72. The zero-order valence-electron chi connectivity index (χ0n) is 11.1. The normalized spacial score (nSPS) is 18.7. The average Bonchev–Trinajstić information content (AvgIpc) is 3.08. The van der Waals surface area contributed by atoms with E-state index in [1.165, 1.54) is 25.0 Å². The molecule has 1 unspecified atom stereocenters. The van der Waals surface area contributed by atoms with Crippen molar-refractivity contribution in [3.8, 4) is 0 Å². The van der Waals surface area contributed by atoms with Crippen molar-refractivity contribution in [2.75, 3.05) is 6.54 Å². The van der Waals surface area contributed by atoms with Crippen molar-refractivity contribution in [1.82, 2.24) is 5.32 Å². The fourth-order valence-electron chi connectivity index (χ4n) is 2.33. The van der Waals surface area contributed by atoms with Gasteiger partial charge in [0.15, 0.2) is 11.6 Å². The van der Waals surface area contributed by atoms with Gasteiger partial charge in [-0.05, 0) is 55.3 Å². The summed E-state index contributed by atoms with van der Waals surface area (Å²) in [5.41, 5.74) is 1.20. The lowest BCUT2D eigenvalue weighted by molar-refractivity contribution is 0.353. The van der Waals surface area contributed by atoms with E-state index in [0.29, 0.717) is 11.5 Å². The third-order valence-corrected chi connectivity index (χ3v) is 3.94. The summed E-state index contributed by atoms with van der Waals surface area (Å²) in [5.74, 6) is -1.52. The molecule has 0 amide bonds. The zero-order chi connectivity index (χ0) is 13.2. The lowest BCUT2D eigenvalue weighted by atomic mass is 9.92. The summed E-state index contributed by atoms with van der Waals surface area (Å²) in [6.45, 7) is 5.38. The van der Waals surface area contributed by atoms with E-state index in [1.807, 2.05) is 0 Å². The van der Waals surface area contributed by atoms with Gasteiger partial charge in [0.2, 0.25) is 0 Å². The van der Waals surface area contributed by atoms with Crippen molar-refractivity contribution in [2.24, 2.45) is 5.41 Å². The highest BCUT2D eigenvalue weighted by Gasteiger charge is 2.44. The molecule has 0 aliphatic heterocycles. The third kappa shape index (κ3) is 3.08. The van der Waals surface area contributed by atoms with Crippen molar-refractivity contribution in [3.63, 3.8) is 0 Å². The number of halogens is 2. The minimum Gasteiger partial charge on any atom is -0.313 e. The Balaban J connectivity index is 2.05. The largest absolute Gasteiger partial charge is 0.313 e. The van der Waals surface area contributed by atoms with E-state index in [9.17, 15) is 8.78 Å². The Labute approximate surface area is 108 Å². The number of hydrogen-bond donors (Lipinski definition) is 1. The van der Waals surface area contributed by atoms with E-state index in [1.54, 1.807) is 6.07 Å². The highest BCUT2D eigenvalue weighted by Crippen LogP contribution is 2.48. The van der Waals surface area contributed by atoms with Crippen LogP contribution in [0.4, 0.5) is 8.78 Å². The predicted molar refractivity (Wildman–Crippen MR) is 69.5 cm³/mol. The first kappa shape index (κ1) is 13.5. The van der Waals surface area contributed by atoms with Crippen LogP contribution in [0.2, 0.25) is 0 Å². The molecule has 0 saturated heterocycles. The first-order chi connectivity index (χ1) is 8.55. The van der Waals surface area contributed by atoms with Crippen molar-refractivity contribution < 1.29 is 8.78 Å². The van der Waals surface area contributed by atoms with Gasteiger partial charge < -0.3 is 5.32 Å². The summed E-state index contributed by atoms with van der Waals surface area (Å²) in [5, 5.41) is 3.54. The summed E-state index contributed by atoms with van der Waals surface area (Å²) in [6.07, 6.45) is 4.30. The lowest BCUT2D eigenvalue weighted by Gasteiger charge is -2.25. The zero-order valence-corrected chi connectivity index (χ0v) is 11.1. The smallest absolute Gasteiger partial charge is 0.159 e. The van der Waals surface area contributed by atoms with E-state index in [-0.39, 0.29) is 0 Å². The molecule has 1 aromatic rings. The summed E-state index contributed by atoms with van der Waals surface area (Å²) in [7, 11) is 0. The molecule has 1 fully saturated rings. The summed E-state index contributed by atoms with van der Waals surface area (Å²) in [4.78, 5) is 0. The van der Waals surface area contributed by atoms with Gasteiger partial charge in [-0.25, -0.2) is 8.78 Å². The SMILES string of the molecule is CCCNC(Cc1ccc(F)c(F)c1)C1(C)CC1. The van der Waals surface area contributed by atoms with Crippen LogP contribution in [-0.4, -0.2) is 12.6 Å². The van der Waals surface area contributed by atoms with Gasteiger partial charge in [-0.1, -0.05) is 19.9 Å². The van der Waals surface area contributed by atoms with Crippen molar-refractivity contribution in [2.45, 2.75) is 45.6 Å². The van der Waals surface area contributed by atoms with Gasteiger partial charge in [0.05, 0.1) is 0 Å². The molecule has 1 aromatic carbocycles. The van der Waals surface area contributed by atoms with Crippen LogP contribution in [0.15, 0.2) is 18.2 Å². The predicted octanol–water partition coefficient (Wildman–Crippen LogP) is 3.68. The van der Waals surface area contributed by atoms with E-state index in [2.05, 4.69) is 19.2 Å². The Morgan fingerprint density at radius 2 is 2.00 bits per heavy atom. The van der Waals surface area contributed by atoms with Gasteiger partial charge in [-0.15, -0.1) is 0 Å². The van der Waals surface area contributed by atoms with Crippen LogP contribution in [0.1, 0.15) is 38.7 Å². The summed E-state index contributed by atoms with van der Waals surface area (Å²) in [6, 6.07) is 4.59. The monoisotopic (exact) mass is 253 g/mol. The van der Waals surface area contributed by atoms with E-state index in [4.69, 9.17) is 0 Å². The number of benzene rings is 1. The van der Waals surface area contributed by atoms with Crippen LogP contribution in [0.3, 0.4) is 0 Å². The Morgan fingerprint density at radius 3 is 2.56 bits per heavy atom. The molecular weight excluding hydrogens is 232 g/mol. The molecule has 0 bridgehead atoms. The Morgan fingerprint density at radius 1 is 1.28 bits per heavy atom. The molecule has 0 radical (unpaired) electrons. The molecule has 18 heavy (non-hydrogen) atoms. The first-order valence-corrected chi connectivity index (χ1v) is 6.72. The maximum absolute atomic E-state index is 13.2. The van der Waals surface area contributed by atoms with E-state index >= 15 is 0 Å². The van der Waals surface area contributed by atoms with Crippen LogP contribution in [0, 0.1) is 17.0 Å². The van der Waals surface area contributed by atoms with Crippen molar-refractivity contribution >= 4 is 0 Å². The van der Waals surface area contributed by atoms with Crippen molar-refractivity contribution in [3.05, 3.63) is 35.4 Å². The molecule has 3 heteroatoms. The van der Waals surface area contributed by atoms with Crippen LogP contribution in [0.25, 0.3) is 0 Å². The second-order valence-corrected chi connectivity index (χ2v) is 5.61. The number of hydrogen-bond acceptors (Lipinski definition) is 1. The van der Waals surface area contributed by atoms with Crippen LogP contribution >= 0.6 is 0 Å². The quantitative estimate of drug-likeness (QED) is 0.815. The topological polar surface area (TPSA) is 12.0 Å². The standard InChI is InChI=1S/C15H21F2N/c1-3-8-18-14(15(2)6-7-15)10-11-4-5-12(16)13(17)9-11/h4-5,9,14,18H,3,6-8,10H2,1-2H3. The lowest BCUT2D eigenvalue weighted by Crippen LogP contribution is -2.38. The van der Waals surface area contributed by atoms with Gasteiger partial charge in [-0.2, -0.15) is 0 Å². The maximum Gasteiger partial charge on any atom is 0.159 e. The molecule has 1 aliphatic rings. The second kappa shape index (κ2) is 5.35. The van der Waals surface area contributed by atoms with Gasteiger partial charge in [0.1, 0.15) is 0 Å². The Kier molecular flexibility index (Phi) is 4.00. The van der Waals surface area contributed by atoms with Gasteiger partial charge in [0.25, 0.3) is 0 Å². The van der Waals surface area contributed by atoms with E-state index < -0.39 is 11.6 Å². The van der Waals surface area contributed by atoms with E-state index in [0.717, 1.165) is 24.9 Å². The fraction of sp³-hybridized carbons (Fsp3) is 0.600. The Hall–Kier alpha value is -0.960. The van der Waals surface area contributed by atoms with Crippen LogP contribution in [-0.2, 0) is 6.42 Å². The molecule has 1 saturated carbocycles. The minimum absolute atomic E-state index is 0.333. The molecule has 0 heterocycles. The number of nitrogens with one attached hydrogen (secondary N) is 1. The molecule has 1 aliphatic carbocycles. The second-order valence-electron chi connectivity index (χ2n) is 5.61. The number of rotatable bonds is 6. The fourth-order valence-corrected chi connectivity index (χ4v) is 2.33. The molecule has 1 N–H and O–H groups in total. The molecule has 0 aromatic heterocycles. The molecular formula is C15H21F2N. The molecule has 100 valence electrons. The maximum atomic E-state index is 13.2. The highest BCUT2D eigenvalue weighted by atomic mass is 19.2. The average molecular weight is 253 g/mol. The molecule has 1 nitrogen and oxygen atoms in total. The summed E-state index contributed by atoms with van der Waals surface area (Å²) < 4.78 is 26.1. The Bertz CT molecular complexity index is 413. The molecule has 2 rings (SSSR count). The molecule has 0 spiro atoms. The van der Waals surface area contributed by atoms with Gasteiger partial charge >= 0.3 is 0 Å². The van der Waals surface area contributed by atoms with Crippen molar-refractivity contribution in [1.29, 1.82) is 0 Å². The molecule has 1 atom stereocenters. The summed E-state index contributed by atoms with van der Waals surface area (Å²) >= 11 is 0. The minimum atomic E-state index is -0.769. The van der Waals surface area contributed by atoms with Gasteiger partial charge in [-0.3, -0.25) is 0 Å². The van der Waals surface area contributed by atoms with Crippen LogP contribution < -0.4 is 5.32 Å².